The molecular weight excluding hydrogens is 332 g/mol. The van der Waals surface area contributed by atoms with Crippen LogP contribution in [0.1, 0.15) is 22.3 Å². The molecule has 0 bridgehead atoms. The van der Waals surface area contributed by atoms with Crippen molar-refractivity contribution in [2.45, 2.75) is 37.5 Å². The van der Waals surface area contributed by atoms with Crippen LogP contribution in [-0.4, -0.2) is 21.9 Å². The first-order valence-corrected chi connectivity index (χ1v) is 10.4. The van der Waals surface area contributed by atoms with Crippen molar-refractivity contribution in [1.29, 1.82) is 0 Å². The molecule has 0 aliphatic rings. The number of benzene rings is 2. The maximum absolute atomic E-state index is 12.6. The topological polar surface area (TPSA) is 68.3 Å². The zero-order chi connectivity index (χ0) is 17.4. The van der Waals surface area contributed by atoms with Crippen LogP contribution in [0.4, 0.5) is 0 Å². The molecule has 2 aromatic rings. The maximum atomic E-state index is 12.6. The highest BCUT2D eigenvalue weighted by atomic mass is 32.3. The molecular formula is C17H20O4S2. The lowest BCUT2D eigenvalue weighted by atomic mass is 10.1. The third kappa shape index (κ3) is 3.48. The Morgan fingerprint density at radius 3 is 1.35 bits per heavy atom. The zero-order valence-electron chi connectivity index (χ0n) is 13.6. The van der Waals surface area contributed by atoms with E-state index in [1.165, 1.54) is 12.1 Å². The molecule has 4 nitrogen and oxygen atoms in total. The summed E-state index contributed by atoms with van der Waals surface area (Å²) in [6.45, 7) is 6.97. The Hall–Kier alpha value is -1.66. The largest absolute Gasteiger partial charge is 0.223 e. The lowest BCUT2D eigenvalue weighted by molar-refractivity contribution is 0.588. The molecule has 0 aliphatic carbocycles. The Morgan fingerprint density at radius 1 is 0.652 bits per heavy atom. The van der Waals surface area contributed by atoms with Crippen LogP contribution in [0, 0.1) is 27.7 Å². The molecule has 6 heteroatoms. The van der Waals surface area contributed by atoms with Crippen molar-refractivity contribution in [2.75, 3.05) is 5.08 Å². The molecule has 0 aromatic heterocycles. The molecule has 0 radical (unpaired) electrons. The molecule has 2 rings (SSSR count). The molecule has 0 spiro atoms. The summed E-state index contributed by atoms with van der Waals surface area (Å²) in [7, 11) is -7.87. The first-order chi connectivity index (χ1) is 10.6. The Bertz CT molecular complexity index is 877. The van der Waals surface area contributed by atoms with E-state index in [1.54, 1.807) is 52.0 Å². The molecule has 124 valence electrons. The monoisotopic (exact) mass is 352 g/mol. The number of rotatable bonds is 4. The van der Waals surface area contributed by atoms with Crippen molar-refractivity contribution < 1.29 is 16.8 Å². The van der Waals surface area contributed by atoms with E-state index in [4.69, 9.17) is 0 Å². The predicted octanol–water partition coefficient (Wildman–Crippen LogP) is 3.13. The normalized spacial score (nSPS) is 12.3. The fraction of sp³-hybridized carbons (Fsp3) is 0.294. The first kappa shape index (κ1) is 17.7. The molecule has 0 N–H and O–H groups in total. The van der Waals surface area contributed by atoms with Crippen molar-refractivity contribution >= 4 is 19.7 Å². The van der Waals surface area contributed by atoms with E-state index in [0.717, 1.165) is 11.1 Å². The lowest BCUT2D eigenvalue weighted by Gasteiger charge is -2.12. The summed E-state index contributed by atoms with van der Waals surface area (Å²) in [5.41, 5.74) is 2.80. The van der Waals surface area contributed by atoms with E-state index < -0.39 is 24.8 Å². The number of hydrogen-bond donors (Lipinski definition) is 0. The smallest absolute Gasteiger partial charge is 0.193 e. The lowest BCUT2D eigenvalue weighted by Crippen LogP contribution is -2.19. The summed E-state index contributed by atoms with van der Waals surface area (Å²) < 4.78 is 50.4. The van der Waals surface area contributed by atoms with E-state index >= 15 is 0 Å². The van der Waals surface area contributed by atoms with Crippen molar-refractivity contribution in [1.82, 2.24) is 0 Å². The number of aryl methyl sites for hydroxylation is 2. The van der Waals surface area contributed by atoms with Crippen LogP contribution in [0.25, 0.3) is 0 Å². The van der Waals surface area contributed by atoms with Crippen molar-refractivity contribution in [3.63, 3.8) is 0 Å². The van der Waals surface area contributed by atoms with Gasteiger partial charge < -0.3 is 0 Å². The minimum absolute atomic E-state index is 0.0754. The minimum Gasteiger partial charge on any atom is -0.223 e. The molecule has 0 saturated carbocycles. The summed E-state index contributed by atoms with van der Waals surface area (Å²) >= 11 is 0. The van der Waals surface area contributed by atoms with Gasteiger partial charge in [0.05, 0.1) is 9.79 Å². The van der Waals surface area contributed by atoms with Gasteiger partial charge in [-0.3, -0.25) is 0 Å². The highest BCUT2D eigenvalue weighted by Crippen LogP contribution is 2.25. The summed E-state index contributed by atoms with van der Waals surface area (Å²) in [5, 5.41) is -0.922. The van der Waals surface area contributed by atoms with E-state index in [1.807, 2.05) is 0 Å². The van der Waals surface area contributed by atoms with Crippen LogP contribution in [0.2, 0.25) is 0 Å². The molecule has 0 fully saturated rings. The van der Waals surface area contributed by atoms with Gasteiger partial charge in [0.2, 0.25) is 0 Å². The van der Waals surface area contributed by atoms with Crippen LogP contribution < -0.4 is 0 Å². The molecule has 0 heterocycles. The van der Waals surface area contributed by atoms with Crippen LogP contribution >= 0.6 is 0 Å². The zero-order valence-corrected chi connectivity index (χ0v) is 15.3. The predicted molar refractivity (Wildman–Crippen MR) is 91.1 cm³/mol. The van der Waals surface area contributed by atoms with Gasteiger partial charge in [0, 0.05) is 0 Å². The highest BCUT2D eigenvalue weighted by Gasteiger charge is 2.28. The standard InChI is InChI=1S/C17H20O4S2/c1-12-7-5-9-16(14(12)3)22(18,19)11-23(20,21)17-10-6-8-13(2)15(17)4/h5-10H,11H2,1-4H3. The third-order valence-electron chi connectivity index (χ3n) is 4.09. The van der Waals surface area contributed by atoms with Crippen molar-refractivity contribution in [3.05, 3.63) is 58.7 Å². The van der Waals surface area contributed by atoms with Crippen LogP contribution in [-0.2, 0) is 19.7 Å². The molecule has 23 heavy (non-hydrogen) atoms. The number of hydrogen-bond acceptors (Lipinski definition) is 4. The number of sulfone groups is 2. The average molecular weight is 352 g/mol. The van der Waals surface area contributed by atoms with Gasteiger partial charge in [-0.25, -0.2) is 16.8 Å². The summed E-state index contributed by atoms with van der Waals surface area (Å²) in [6, 6.07) is 9.76. The Labute approximate surface area is 138 Å². The quantitative estimate of drug-likeness (QED) is 0.848. The first-order valence-electron chi connectivity index (χ1n) is 7.14. The van der Waals surface area contributed by atoms with Gasteiger partial charge in [-0.2, -0.15) is 0 Å². The van der Waals surface area contributed by atoms with Gasteiger partial charge in [-0.1, -0.05) is 24.3 Å². The maximum Gasteiger partial charge on any atom is 0.193 e. The minimum atomic E-state index is -3.94. The van der Waals surface area contributed by atoms with E-state index in [0.29, 0.717) is 11.1 Å². The van der Waals surface area contributed by atoms with Crippen LogP contribution in [0.3, 0.4) is 0 Å². The second-order valence-electron chi connectivity index (χ2n) is 5.74. The molecule has 2 aromatic carbocycles. The molecule has 0 atom stereocenters. The molecule has 0 unspecified atom stereocenters. The van der Waals surface area contributed by atoms with Crippen molar-refractivity contribution in [3.8, 4) is 0 Å². The Morgan fingerprint density at radius 2 is 1.00 bits per heavy atom. The summed E-state index contributed by atoms with van der Waals surface area (Å²) in [6.07, 6.45) is 0. The second kappa shape index (κ2) is 6.09. The van der Waals surface area contributed by atoms with Crippen LogP contribution in [0.5, 0.6) is 0 Å². The van der Waals surface area contributed by atoms with Gasteiger partial charge in [0.15, 0.2) is 24.8 Å². The second-order valence-corrected chi connectivity index (χ2v) is 10.0. The van der Waals surface area contributed by atoms with E-state index in [9.17, 15) is 16.8 Å². The SMILES string of the molecule is Cc1cccc(S(=O)(=O)CS(=O)(=O)c2cccc(C)c2C)c1C. The Kier molecular flexibility index (Phi) is 4.69. The van der Waals surface area contributed by atoms with Crippen molar-refractivity contribution in [2.24, 2.45) is 0 Å². The van der Waals surface area contributed by atoms with Gasteiger partial charge in [-0.05, 0) is 62.1 Å². The molecule has 0 amide bonds. The van der Waals surface area contributed by atoms with E-state index in [-0.39, 0.29) is 9.79 Å². The fourth-order valence-corrected chi connectivity index (χ4v) is 6.93. The van der Waals surface area contributed by atoms with Crippen LogP contribution in [0.15, 0.2) is 46.2 Å². The summed E-state index contributed by atoms with van der Waals surface area (Å²) in [5.74, 6) is 0. The molecule has 0 saturated heterocycles. The summed E-state index contributed by atoms with van der Waals surface area (Å²) in [4.78, 5) is 0.151. The third-order valence-corrected chi connectivity index (χ3v) is 8.80. The molecule has 0 aliphatic heterocycles. The Balaban J connectivity index is 2.52. The van der Waals surface area contributed by atoms with E-state index in [2.05, 4.69) is 0 Å². The fourth-order valence-electron chi connectivity index (χ4n) is 2.45. The van der Waals surface area contributed by atoms with Gasteiger partial charge in [0.1, 0.15) is 0 Å². The highest BCUT2D eigenvalue weighted by molar-refractivity contribution is 8.08. The van der Waals surface area contributed by atoms with Gasteiger partial charge in [0.25, 0.3) is 0 Å². The van der Waals surface area contributed by atoms with Gasteiger partial charge in [-0.15, -0.1) is 0 Å². The van der Waals surface area contributed by atoms with Gasteiger partial charge >= 0.3 is 0 Å². The average Bonchev–Trinajstić information content (AvgIpc) is 2.43.